The summed E-state index contributed by atoms with van der Waals surface area (Å²) in [5.41, 5.74) is 1.94. The van der Waals surface area contributed by atoms with Gasteiger partial charge in [-0.25, -0.2) is 8.78 Å². The van der Waals surface area contributed by atoms with Gasteiger partial charge in [0, 0.05) is 11.3 Å². The number of carbonyl (C=O) groups excluding carboxylic acids is 1. The van der Waals surface area contributed by atoms with Gasteiger partial charge in [0.1, 0.15) is 17.2 Å². The Bertz CT molecular complexity index is 1130. The maximum absolute atomic E-state index is 13.7. The lowest BCUT2D eigenvalue weighted by Gasteiger charge is -2.08. The largest absolute Gasteiger partial charge is 0.322 e. The molecule has 0 aliphatic rings. The second-order valence-corrected chi connectivity index (χ2v) is 5.86. The third kappa shape index (κ3) is 3.12. The van der Waals surface area contributed by atoms with Crippen molar-refractivity contribution >= 4 is 17.2 Å². The minimum atomic E-state index is -0.911. The molecule has 0 spiro atoms. The minimum absolute atomic E-state index is 0.410. The summed E-state index contributed by atoms with van der Waals surface area (Å²) < 4.78 is 29.0. The topological polar surface area (TPSA) is 72.2 Å². The summed E-state index contributed by atoms with van der Waals surface area (Å²) >= 11 is 0. The first kappa shape index (κ1) is 16.8. The molecule has 2 aromatic heterocycles. The molecular formula is C19H13F2N5O. The number of nitrogens with one attached hydrogen (secondary N) is 1. The summed E-state index contributed by atoms with van der Waals surface area (Å²) in [4.78, 5) is 12.1. The molecule has 4 aromatic rings. The van der Waals surface area contributed by atoms with Crippen LogP contribution in [0.2, 0.25) is 0 Å². The summed E-state index contributed by atoms with van der Waals surface area (Å²) in [7, 11) is 0. The van der Waals surface area contributed by atoms with E-state index in [9.17, 15) is 13.6 Å². The molecule has 134 valence electrons. The molecule has 6 nitrogen and oxygen atoms in total. The van der Waals surface area contributed by atoms with Crippen LogP contribution in [-0.2, 0) is 0 Å². The molecule has 0 aliphatic carbocycles. The number of hydrogen-bond acceptors (Lipinski definition) is 4. The van der Waals surface area contributed by atoms with Gasteiger partial charge in [-0.05, 0) is 43.3 Å². The quantitative estimate of drug-likeness (QED) is 0.602. The summed E-state index contributed by atoms with van der Waals surface area (Å²) in [6, 6.07) is 13.7. The van der Waals surface area contributed by atoms with E-state index in [2.05, 4.69) is 20.6 Å². The molecule has 0 saturated carbocycles. The molecular weight excluding hydrogens is 352 g/mol. The van der Waals surface area contributed by atoms with Crippen LogP contribution in [0.1, 0.15) is 16.2 Å². The number of aromatic nitrogens is 4. The van der Waals surface area contributed by atoms with Crippen molar-refractivity contribution in [3.63, 3.8) is 0 Å². The number of nitrogens with zero attached hydrogens (tertiary/aromatic N) is 4. The van der Waals surface area contributed by atoms with E-state index in [0.29, 0.717) is 22.9 Å². The van der Waals surface area contributed by atoms with Gasteiger partial charge in [-0.15, -0.1) is 10.2 Å². The Kier molecular flexibility index (Phi) is 4.08. The lowest BCUT2D eigenvalue weighted by molar-refractivity contribution is 0.101. The van der Waals surface area contributed by atoms with Gasteiger partial charge in [0.15, 0.2) is 11.5 Å². The standard InChI is InChI=1S/C19H13F2N5O/c1-11-23-24-17-10-9-16(25-26(11)17)12-5-7-13(8-6-12)22-19(27)18-14(20)3-2-4-15(18)21/h2-10H,1H3,(H,22,27). The fourth-order valence-corrected chi connectivity index (χ4v) is 2.68. The Morgan fingerprint density at radius 3 is 2.37 bits per heavy atom. The summed E-state index contributed by atoms with van der Waals surface area (Å²) in [6.07, 6.45) is 0. The maximum Gasteiger partial charge on any atom is 0.261 e. The molecule has 0 saturated heterocycles. The zero-order valence-corrected chi connectivity index (χ0v) is 14.1. The van der Waals surface area contributed by atoms with Crippen LogP contribution in [0.25, 0.3) is 16.9 Å². The van der Waals surface area contributed by atoms with Crippen molar-refractivity contribution in [2.24, 2.45) is 0 Å². The third-order valence-electron chi connectivity index (χ3n) is 4.05. The average Bonchev–Trinajstić information content (AvgIpc) is 3.03. The van der Waals surface area contributed by atoms with Gasteiger partial charge in [-0.2, -0.15) is 9.61 Å². The molecule has 1 N–H and O–H groups in total. The predicted octanol–water partition coefficient (Wildman–Crippen LogP) is 3.63. The van der Waals surface area contributed by atoms with Crippen molar-refractivity contribution in [3.8, 4) is 11.3 Å². The van der Waals surface area contributed by atoms with Crippen molar-refractivity contribution in [1.82, 2.24) is 19.8 Å². The Hall–Kier alpha value is -3.68. The number of halogens is 2. The first-order valence-corrected chi connectivity index (χ1v) is 8.08. The normalized spacial score (nSPS) is 10.9. The fraction of sp³-hybridized carbons (Fsp3) is 0.0526. The summed E-state index contributed by atoms with van der Waals surface area (Å²) in [6.45, 7) is 1.80. The molecule has 4 rings (SSSR count). The average molecular weight is 365 g/mol. The zero-order chi connectivity index (χ0) is 19.0. The molecule has 2 aromatic carbocycles. The Balaban J connectivity index is 1.58. The highest BCUT2D eigenvalue weighted by molar-refractivity contribution is 6.04. The highest BCUT2D eigenvalue weighted by Gasteiger charge is 2.17. The molecule has 0 unspecified atom stereocenters. The minimum Gasteiger partial charge on any atom is -0.322 e. The maximum atomic E-state index is 13.7. The molecule has 0 aliphatic heterocycles. The lowest BCUT2D eigenvalue weighted by Crippen LogP contribution is -2.15. The van der Waals surface area contributed by atoms with E-state index in [0.717, 1.165) is 17.7 Å². The van der Waals surface area contributed by atoms with E-state index < -0.39 is 23.1 Å². The Labute approximate surface area is 152 Å². The first-order valence-electron chi connectivity index (χ1n) is 8.08. The van der Waals surface area contributed by atoms with Crippen LogP contribution in [0.3, 0.4) is 0 Å². The molecule has 0 radical (unpaired) electrons. The number of carbonyl (C=O) groups is 1. The van der Waals surface area contributed by atoms with E-state index in [1.165, 1.54) is 6.07 Å². The molecule has 1 amide bonds. The highest BCUT2D eigenvalue weighted by atomic mass is 19.1. The van der Waals surface area contributed by atoms with Gasteiger partial charge in [0.2, 0.25) is 0 Å². The number of amides is 1. The van der Waals surface area contributed by atoms with Gasteiger partial charge in [0.25, 0.3) is 5.91 Å². The zero-order valence-electron chi connectivity index (χ0n) is 14.1. The predicted molar refractivity (Wildman–Crippen MR) is 95.3 cm³/mol. The fourth-order valence-electron chi connectivity index (χ4n) is 2.68. The Morgan fingerprint density at radius 1 is 0.963 bits per heavy atom. The van der Waals surface area contributed by atoms with Crippen LogP contribution in [0.5, 0.6) is 0 Å². The van der Waals surface area contributed by atoms with E-state index in [4.69, 9.17) is 0 Å². The first-order chi connectivity index (χ1) is 13.0. The van der Waals surface area contributed by atoms with Crippen molar-refractivity contribution in [2.75, 3.05) is 5.32 Å². The van der Waals surface area contributed by atoms with Crippen LogP contribution in [0, 0.1) is 18.6 Å². The number of aryl methyl sites for hydroxylation is 1. The molecule has 8 heteroatoms. The van der Waals surface area contributed by atoms with E-state index in [-0.39, 0.29) is 0 Å². The number of benzene rings is 2. The van der Waals surface area contributed by atoms with Gasteiger partial charge in [0.05, 0.1) is 5.69 Å². The smallest absolute Gasteiger partial charge is 0.261 e. The van der Waals surface area contributed by atoms with Crippen LogP contribution < -0.4 is 5.32 Å². The van der Waals surface area contributed by atoms with Crippen molar-refractivity contribution in [3.05, 3.63) is 77.6 Å². The van der Waals surface area contributed by atoms with E-state index in [1.807, 2.05) is 6.07 Å². The SMILES string of the molecule is Cc1nnc2ccc(-c3ccc(NC(=O)c4c(F)cccc4F)cc3)nn12. The van der Waals surface area contributed by atoms with Crippen LogP contribution in [-0.4, -0.2) is 25.7 Å². The number of anilines is 1. The summed E-state index contributed by atoms with van der Waals surface area (Å²) in [5, 5.41) is 14.9. The molecule has 0 atom stereocenters. The van der Waals surface area contributed by atoms with Gasteiger partial charge < -0.3 is 5.32 Å². The third-order valence-corrected chi connectivity index (χ3v) is 4.05. The van der Waals surface area contributed by atoms with Gasteiger partial charge in [-0.3, -0.25) is 4.79 Å². The second-order valence-electron chi connectivity index (χ2n) is 5.86. The monoisotopic (exact) mass is 365 g/mol. The highest BCUT2D eigenvalue weighted by Crippen LogP contribution is 2.21. The molecule has 0 bridgehead atoms. The van der Waals surface area contributed by atoms with Crippen LogP contribution >= 0.6 is 0 Å². The summed E-state index contributed by atoms with van der Waals surface area (Å²) in [5.74, 6) is -2.00. The lowest BCUT2D eigenvalue weighted by atomic mass is 10.1. The Morgan fingerprint density at radius 2 is 1.67 bits per heavy atom. The number of hydrogen-bond donors (Lipinski definition) is 1. The van der Waals surface area contributed by atoms with Crippen LogP contribution in [0.4, 0.5) is 14.5 Å². The van der Waals surface area contributed by atoms with Crippen molar-refractivity contribution < 1.29 is 13.6 Å². The van der Waals surface area contributed by atoms with E-state index >= 15 is 0 Å². The molecule has 0 fully saturated rings. The number of fused-ring (bicyclic) bond motifs is 1. The molecule has 2 heterocycles. The second kappa shape index (κ2) is 6.56. The van der Waals surface area contributed by atoms with Crippen molar-refractivity contribution in [1.29, 1.82) is 0 Å². The number of rotatable bonds is 3. The van der Waals surface area contributed by atoms with Gasteiger partial charge >= 0.3 is 0 Å². The molecule has 27 heavy (non-hydrogen) atoms. The van der Waals surface area contributed by atoms with Gasteiger partial charge in [-0.1, -0.05) is 18.2 Å². The van der Waals surface area contributed by atoms with Crippen LogP contribution in [0.15, 0.2) is 54.6 Å². The van der Waals surface area contributed by atoms with E-state index in [1.54, 1.807) is 41.8 Å². The van der Waals surface area contributed by atoms with Crippen molar-refractivity contribution in [2.45, 2.75) is 6.92 Å².